The van der Waals surface area contributed by atoms with Crippen molar-refractivity contribution in [2.75, 3.05) is 38.1 Å². The van der Waals surface area contributed by atoms with Gasteiger partial charge in [0.05, 0.1) is 12.5 Å². The predicted octanol–water partition coefficient (Wildman–Crippen LogP) is 5.46. The Bertz CT molecular complexity index is 1560. The number of hydrogen-bond donors (Lipinski definition) is 2. The van der Waals surface area contributed by atoms with Gasteiger partial charge in [0, 0.05) is 54.1 Å². The van der Waals surface area contributed by atoms with Gasteiger partial charge in [-0.2, -0.15) is 0 Å². The lowest BCUT2D eigenvalue weighted by atomic mass is 10.1. The van der Waals surface area contributed by atoms with Gasteiger partial charge in [0.1, 0.15) is 23.7 Å². The van der Waals surface area contributed by atoms with Gasteiger partial charge in [-0.25, -0.2) is 19.3 Å². The van der Waals surface area contributed by atoms with Gasteiger partial charge in [0.25, 0.3) is 0 Å². The molecule has 0 saturated carbocycles. The Hall–Kier alpha value is -4.05. The Morgan fingerprint density at radius 2 is 1.97 bits per heavy atom. The largest absolute Gasteiger partial charge is 0.492 e. The number of fused-ring (bicyclic) bond motifs is 2. The molecule has 0 aliphatic heterocycles. The molecule has 204 valence electrons. The van der Waals surface area contributed by atoms with Crippen LogP contribution in [-0.4, -0.2) is 67.2 Å². The van der Waals surface area contributed by atoms with Crippen LogP contribution in [0.25, 0.3) is 33.5 Å². The molecule has 0 unspecified atom stereocenters. The molecule has 10 heteroatoms. The number of nitrogens with one attached hydrogen (secondary N) is 2. The number of pyridine rings is 1. The number of hydrogen-bond acceptors (Lipinski definition) is 7. The first-order valence-corrected chi connectivity index (χ1v) is 13.5. The topological polar surface area (TPSA) is 96.8 Å². The number of anilines is 1. The van der Waals surface area contributed by atoms with Gasteiger partial charge >= 0.3 is 0 Å². The number of imidazole rings is 1. The molecule has 0 fully saturated rings. The zero-order valence-corrected chi connectivity index (χ0v) is 22.9. The van der Waals surface area contributed by atoms with E-state index in [1.54, 1.807) is 12.5 Å². The van der Waals surface area contributed by atoms with Crippen molar-refractivity contribution in [2.24, 2.45) is 0 Å². The van der Waals surface area contributed by atoms with E-state index in [4.69, 9.17) is 14.7 Å². The summed E-state index contributed by atoms with van der Waals surface area (Å²) in [6.45, 7) is 12.7. The summed E-state index contributed by atoms with van der Waals surface area (Å²) in [5, 5.41) is 4.61. The van der Waals surface area contributed by atoms with E-state index in [9.17, 15) is 4.39 Å². The third-order valence-electron chi connectivity index (χ3n) is 6.94. The van der Waals surface area contributed by atoms with Crippen molar-refractivity contribution < 1.29 is 9.13 Å². The van der Waals surface area contributed by atoms with Gasteiger partial charge in [-0.3, -0.25) is 4.98 Å². The van der Waals surface area contributed by atoms with Crippen molar-refractivity contribution in [2.45, 2.75) is 40.2 Å². The Kier molecular flexibility index (Phi) is 8.02. The van der Waals surface area contributed by atoms with E-state index in [0.717, 1.165) is 42.7 Å². The van der Waals surface area contributed by atoms with Crippen molar-refractivity contribution in [3.8, 4) is 17.1 Å². The summed E-state index contributed by atoms with van der Waals surface area (Å²) < 4.78 is 21.9. The standard InChI is InChI=1S/C29H35FN8O/c1-5-37(6-2)11-12-39-23-7-8-24-20(16-33-25(24)14-23)9-10-32-28-26-29(38(18-34-26)19(3)4)36-27(35-28)21-13-22(30)17-31-15-21/h7-8,13-19,33H,5-6,9-12H2,1-4H3,(H,32,35,36). The van der Waals surface area contributed by atoms with Crippen LogP contribution in [0.3, 0.4) is 0 Å². The van der Waals surface area contributed by atoms with Crippen LogP contribution >= 0.6 is 0 Å². The zero-order valence-electron chi connectivity index (χ0n) is 22.9. The van der Waals surface area contributed by atoms with Gasteiger partial charge < -0.3 is 24.5 Å². The zero-order chi connectivity index (χ0) is 27.4. The molecule has 0 amide bonds. The van der Waals surface area contributed by atoms with Crippen molar-refractivity contribution in [3.63, 3.8) is 0 Å². The van der Waals surface area contributed by atoms with Crippen LogP contribution in [0.1, 0.15) is 39.3 Å². The van der Waals surface area contributed by atoms with E-state index < -0.39 is 5.82 Å². The second-order valence-electron chi connectivity index (χ2n) is 9.78. The fourth-order valence-corrected chi connectivity index (χ4v) is 4.69. The first-order valence-electron chi connectivity index (χ1n) is 13.5. The number of H-pyrrole nitrogens is 1. The summed E-state index contributed by atoms with van der Waals surface area (Å²) in [5.41, 5.74) is 4.14. The molecule has 0 spiro atoms. The second kappa shape index (κ2) is 11.8. The SMILES string of the molecule is CCN(CC)CCOc1ccc2c(CCNc3nc(-c4cncc(F)c4)nc4c3ncn4C(C)C)c[nH]c2c1. The first kappa shape index (κ1) is 26.6. The summed E-state index contributed by atoms with van der Waals surface area (Å²) in [4.78, 5) is 23.7. The summed E-state index contributed by atoms with van der Waals surface area (Å²) in [5.74, 6) is 1.45. The summed E-state index contributed by atoms with van der Waals surface area (Å²) in [6, 6.07) is 7.74. The predicted molar refractivity (Wildman–Crippen MR) is 153 cm³/mol. The molecule has 0 aliphatic carbocycles. The van der Waals surface area contributed by atoms with Crippen LogP contribution in [0, 0.1) is 5.82 Å². The van der Waals surface area contributed by atoms with Crippen LogP contribution in [0.15, 0.2) is 49.2 Å². The van der Waals surface area contributed by atoms with Crippen molar-refractivity contribution in [1.29, 1.82) is 0 Å². The normalized spacial score (nSPS) is 11.8. The Morgan fingerprint density at radius 3 is 2.74 bits per heavy atom. The molecule has 0 radical (unpaired) electrons. The fraction of sp³-hybridized carbons (Fsp3) is 0.379. The molecule has 9 nitrogen and oxygen atoms in total. The lowest BCUT2D eigenvalue weighted by molar-refractivity contribution is 0.223. The van der Waals surface area contributed by atoms with Gasteiger partial charge in [-0.05, 0) is 57.1 Å². The van der Waals surface area contributed by atoms with Gasteiger partial charge in [0.15, 0.2) is 17.3 Å². The fourth-order valence-electron chi connectivity index (χ4n) is 4.69. The molecule has 5 rings (SSSR count). The molecule has 2 N–H and O–H groups in total. The van der Waals surface area contributed by atoms with E-state index in [0.29, 0.717) is 41.5 Å². The van der Waals surface area contributed by atoms with Gasteiger partial charge in [-0.1, -0.05) is 13.8 Å². The van der Waals surface area contributed by atoms with E-state index >= 15 is 0 Å². The highest BCUT2D eigenvalue weighted by molar-refractivity contribution is 5.86. The molecule has 4 aromatic heterocycles. The number of aromatic amines is 1. The van der Waals surface area contributed by atoms with Gasteiger partial charge in [-0.15, -0.1) is 0 Å². The minimum Gasteiger partial charge on any atom is -0.492 e. The van der Waals surface area contributed by atoms with Crippen LogP contribution in [-0.2, 0) is 6.42 Å². The summed E-state index contributed by atoms with van der Waals surface area (Å²) in [7, 11) is 0. The smallest absolute Gasteiger partial charge is 0.166 e. The highest BCUT2D eigenvalue weighted by atomic mass is 19.1. The molecule has 0 atom stereocenters. The average Bonchev–Trinajstić information content (AvgIpc) is 3.55. The number of ether oxygens (including phenoxy) is 1. The van der Waals surface area contributed by atoms with Crippen molar-refractivity contribution >= 4 is 27.9 Å². The first-order chi connectivity index (χ1) is 19.0. The molecular weight excluding hydrogens is 495 g/mol. The van der Waals surface area contributed by atoms with Crippen molar-refractivity contribution in [3.05, 3.63) is 60.6 Å². The number of aromatic nitrogens is 6. The monoisotopic (exact) mass is 530 g/mol. The molecule has 4 heterocycles. The third kappa shape index (κ3) is 5.85. The molecule has 0 saturated heterocycles. The second-order valence-corrected chi connectivity index (χ2v) is 9.78. The van der Waals surface area contributed by atoms with Crippen LogP contribution < -0.4 is 10.1 Å². The quantitative estimate of drug-likeness (QED) is 0.221. The summed E-state index contributed by atoms with van der Waals surface area (Å²) in [6.07, 6.45) is 7.32. The van der Waals surface area contributed by atoms with Crippen LogP contribution in [0.5, 0.6) is 5.75 Å². The number of likely N-dealkylation sites (N-methyl/N-ethyl adjacent to an activating group) is 1. The number of halogens is 1. The minimum atomic E-state index is -0.431. The lowest BCUT2D eigenvalue weighted by Crippen LogP contribution is -2.27. The maximum atomic E-state index is 13.9. The van der Waals surface area contributed by atoms with E-state index in [1.807, 2.05) is 16.8 Å². The number of rotatable bonds is 12. The Balaban J connectivity index is 1.32. The molecule has 0 bridgehead atoms. The third-order valence-corrected chi connectivity index (χ3v) is 6.94. The maximum Gasteiger partial charge on any atom is 0.166 e. The average molecular weight is 531 g/mol. The van der Waals surface area contributed by atoms with Crippen LogP contribution in [0.4, 0.5) is 10.2 Å². The molecule has 39 heavy (non-hydrogen) atoms. The molecule has 5 aromatic rings. The Morgan fingerprint density at radius 1 is 1.13 bits per heavy atom. The minimum absolute atomic E-state index is 0.161. The number of benzene rings is 1. The Labute approximate surface area is 227 Å². The lowest BCUT2D eigenvalue weighted by Gasteiger charge is -2.18. The molecular formula is C29H35FN8O. The highest BCUT2D eigenvalue weighted by Crippen LogP contribution is 2.27. The molecule has 1 aromatic carbocycles. The molecule has 0 aliphatic rings. The van der Waals surface area contributed by atoms with E-state index in [1.165, 1.54) is 17.8 Å². The maximum absolute atomic E-state index is 13.9. The van der Waals surface area contributed by atoms with E-state index in [-0.39, 0.29) is 6.04 Å². The summed E-state index contributed by atoms with van der Waals surface area (Å²) >= 11 is 0. The van der Waals surface area contributed by atoms with Crippen LogP contribution in [0.2, 0.25) is 0 Å². The van der Waals surface area contributed by atoms with Crippen molar-refractivity contribution in [1.82, 2.24) is 34.4 Å². The highest BCUT2D eigenvalue weighted by Gasteiger charge is 2.16. The number of nitrogens with zero attached hydrogens (tertiary/aromatic N) is 6. The van der Waals surface area contributed by atoms with Gasteiger partial charge in [0.2, 0.25) is 0 Å². The van der Waals surface area contributed by atoms with E-state index in [2.05, 4.69) is 65.0 Å².